The summed E-state index contributed by atoms with van der Waals surface area (Å²) < 4.78 is 0. The quantitative estimate of drug-likeness (QED) is 0.465. The number of allylic oxidation sites excluding steroid dienone is 1. The normalized spacial score (nSPS) is 9.62. The molecule has 0 aliphatic carbocycles. The van der Waals surface area contributed by atoms with Gasteiger partial charge in [-0.2, -0.15) is 0 Å². The van der Waals surface area contributed by atoms with Crippen molar-refractivity contribution in [2.45, 2.75) is 13.8 Å². The van der Waals surface area contributed by atoms with E-state index in [0.29, 0.717) is 11.4 Å². The van der Waals surface area contributed by atoms with Gasteiger partial charge < -0.3 is 20.8 Å². The number of amides is 1. The molecule has 16 heavy (non-hydrogen) atoms. The van der Waals surface area contributed by atoms with Gasteiger partial charge in [-0.1, -0.05) is 6.58 Å². The molecule has 0 radical (unpaired) electrons. The Morgan fingerprint density at radius 1 is 1.12 bits per heavy atom. The van der Waals surface area contributed by atoms with Gasteiger partial charge in [-0.25, -0.2) is 0 Å². The Balaban J connectivity index is 3.10. The third kappa shape index (κ3) is 2.91. The number of benzene rings is 1. The van der Waals surface area contributed by atoms with Crippen molar-refractivity contribution in [3.05, 3.63) is 24.4 Å². The van der Waals surface area contributed by atoms with Crippen molar-refractivity contribution in [3.63, 3.8) is 0 Å². The summed E-state index contributed by atoms with van der Waals surface area (Å²) in [6.07, 6.45) is 0. The van der Waals surface area contributed by atoms with E-state index in [1.54, 1.807) is 6.92 Å². The fourth-order valence-electron chi connectivity index (χ4n) is 1.20. The van der Waals surface area contributed by atoms with Crippen molar-refractivity contribution in [2.75, 3.05) is 10.6 Å². The zero-order valence-corrected chi connectivity index (χ0v) is 9.16. The lowest BCUT2D eigenvalue weighted by Crippen LogP contribution is -2.06. The molecule has 0 bridgehead atoms. The molecule has 0 saturated heterocycles. The molecule has 0 aliphatic heterocycles. The van der Waals surface area contributed by atoms with Crippen molar-refractivity contribution in [1.29, 1.82) is 0 Å². The Hall–Kier alpha value is -2.17. The summed E-state index contributed by atoms with van der Waals surface area (Å²) in [5.74, 6) is -0.614. The Morgan fingerprint density at radius 3 is 2.06 bits per heavy atom. The molecule has 0 atom stereocenters. The van der Waals surface area contributed by atoms with Gasteiger partial charge in [-0.05, 0) is 13.0 Å². The SMILES string of the molecule is C=C(C)Nc1cc(NC(C)=O)c(O)cc1O. The monoisotopic (exact) mass is 222 g/mol. The van der Waals surface area contributed by atoms with Gasteiger partial charge in [-0.15, -0.1) is 0 Å². The van der Waals surface area contributed by atoms with Crippen LogP contribution in [0.5, 0.6) is 11.5 Å². The van der Waals surface area contributed by atoms with Crippen LogP contribution >= 0.6 is 0 Å². The zero-order valence-electron chi connectivity index (χ0n) is 9.16. The van der Waals surface area contributed by atoms with Gasteiger partial charge in [0.2, 0.25) is 5.91 Å². The fourth-order valence-corrected chi connectivity index (χ4v) is 1.20. The third-order valence-electron chi connectivity index (χ3n) is 1.77. The molecule has 0 aromatic heterocycles. The topological polar surface area (TPSA) is 81.6 Å². The Morgan fingerprint density at radius 2 is 1.62 bits per heavy atom. The van der Waals surface area contributed by atoms with Crippen LogP contribution in [0.2, 0.25) is 0 Å². The van der Waals surface area contributed by atoms with E-state index in [9.17, 15) is 15.0 Å². The molecule has 0 aliphatic rings. The van der Waals surface area contributed by atoms with Crippen molar-refractivity contribution >= 4 is 17.3 Å². The molecule has 1 aromatic carbocycles. The molecule has 0 spiro atoms. The van der Waals surface area contributed by atoms with Crippen LogP contribution in [-0.4, -0.2) is 16.1 Å². The van der Waals surface area contributed by atoms with Gasteiger partial charge in [0.15, 0.2) is 0 Å². The average molecular weight is 222 g/mol. The summed E-state index contributed by atoms with van der Waals surface area (Å²) in [7, 11) is 0. The molecule has 86 valence electrons. The van der Waals surface area contributed by atoms with E-state index < -0.39 is 0 Å². The predicted molar refractivity (Wildman–Crippen MR) is 62.5 cm³/mol. The van der Waals surface area contributed by atoms with Crippen LogP contribution in [0.15, 0.2) is 24.4 Å². The van der Waals surface area contributed by atoms with E-state index >= 15 is 0 Å². The van der Waals surface area contributed by atoms with E-state index in [2.05, 4.69) is 17.2 Å². The minimum atomic E-state index is -0.303. The van der Waals surface area contributed by atoms with Crippen LogP contribution in [0.3, 0.4) is 0 Å². The Bertz CT molecular complexity index is 404. The minimum Gasteiger partial charge on any atom is -0.506 e. The first-order chi connectivity index (χ1) is 7.40. The molecule has 5 nitrogen and oxygen atoms in total. The molecular formula is C11H14N2O3. The molecule has 1 rings (SSSR count). The lowest BCUT2D eigenvalue weighted by molar-refractivity contribution is -0.114. The summed E-state index contributed by atoms with van der Waals surface area (Å²) in [6.45, 7) is 6.69. The number of phenols is 2. The molecule has 0 fully saturated rings. The van der Waals surface area contributed by atoms with Crippen molar-refractivity contribution in [3.8, 4) is 11.5 Å². The molecule has 0 heterocycles. The molecule has 5 heteroatoms. The Kier molecular flexibility index (Phi) is 3.40. The molecule has 1 amide bonds. The fraction of sp³-hybridized carbons (Fsp3) is 0.182. The average Bonchev–Trinajstić information content (AvgIpc) is 2.11. The molecular weight excluding hydrogens is 208 g/mol. The van der Waals surface area contributed by atoms with Gasteiger partial charge in [0, 0.05) is 18.7 Å². The summed E-state index contributed by atoms with van der Waals surface area (Å²) >= 11 is 0. The Labute approximate surface area is 93.4 Å². The summed E-state index contributed by atoms with van der Waals surface area (Å²) in [5, 5.41) is 24.2. The van der Waals surface area contributed by atoms with Crippen LogP contribution in [0, 0.1) is 0 Å². The lowest BCUT2D eigenvalue weighted by Gasteiger charge is -2.11. The highest BCUT2D eigenvalue weighted by Gasteiger charge is 2.09. The first kappa shape index (κ1) is 11.9. The van der Waals surface area contributed by atoms with Gasteiger partial charge in [0.25, 0.3) is 0 Å². The summed E-state index contributed by atoms with van der Waals surface area (Å²) in [6, 6.07) is 2.58. The molecule has 0 unspecified atom stereocenters. The molecule has 4 N–H and O–H groups in total. The number of carbonyl (C=O) groups is 1. The molecule has 0 saturated carbocycles. The number of aromatic hydroxyl groups is 2. The second-order valence-corrected chi connectivity index (χ2v) is 3.47. The van der Waals surface area contributed by atoms with Crippen LogP contribution in [-0.2, 0) is 4.79 Å². The minimum absolute atomic E-state index is 0.116. The number of phenolic OH excluding ortho intramolecular Hbond substituents is 2. The highest BCUT2D eigenvalue weighted by atomic mass is 16.3. The zero-order chi connectivity index (χ0) is 12.3. The second-order valence-electron chi connectivity index (χ2n) is 3.47. The number of hydrogen-bond donors (Lipinski definition) is 4. The standard InChI is InChI=1S/C11H14N2O3/c1-6(2)12-8-4-9(13-7(3)14)11(16)5-10(8)15/h4-5,12,15-16H,1H2,2-3H3,(H,13,14). The van der Waals surface area contributed by atoms with Crippen molar-refractivity contribution < 1.29 is 15.0 Å². The number of hydrogen-bond acceptors (Lipinski definition) is 4. The number of anilines is 2. The maximum atomic E-state index is 10.9. The van der Waals surface area contributed by atoms with E-state index in [0.717, 1.165) is 6.07 Å². The first-order valence-electron chi connectivity index (χ1n) is 4.66. The van der Waals surface area contributed by atoms with E-state index in [4.69, 9.17) is 0 Å². The van der Waals surface area contributed by atoms with Gasteiger partial charge in [-0.3, -0.25) is 4.79 Å². The van der Waals surface area contributed by atoms with Crippen LogP contribution < -0.4 is 10.6 Å². The second kappa shape index (κ2) is 4.57. The van der Waals surface area contributed by atoms with E-state index in [-0.39, 0.29) is 23.1 Å². The first-order valence-corrected chi connectivity index (χ1v) is 4.66. The smallest absolute Gasteiger partial charge is 0.221 e. The van der Waals surface area contributed by atoms with Crippen molar-refractivity contribution in [1.82, 2.24) is 0 Å². The maximum Gasteiger partial charge on any atom is 0.221 e. The summed E-state index contributed by atoms with van der Waals surface area (Å²) in [5.41, 5.74) is 1.23. The van der Waals surface area contributed by atoms with Crippen LogP contribution in [0.25, 0.3) is 0 Å². The van der Waals surface area contributed by atoms with Crippen LogP contribution in [0.1, 0.15) is 13.8 Å². The van der Waals surface area contributed by atoms with Gasteiger partial charge in [0.05, 0.1) is 11.4 Å². The van der Waals surface area contributed by atoms with Crippen molar-refractivity contribution in [2.24, 2.45) is 0 Å². The lowest BCUT2D eigenvalue weighted by atomic mass is 10.2. The maximum absolute atomic E-state index is 10.9. The number of carbonyl (C=O) groups excluding carboxylic acids is 1. The third-order valence-corrected chi connectivity index (χ3v) is 1.77. The molecule has 1 aromatic rings. The van der Waals surface area contributed by atoms with Crippen LogP contribution in [0.4, 0.5) is 11.4 Å². The van der Waals surface area contributed by atoms with E-state index in [1.807, 2.05) is 0 Å². The van der Waals surface area contributed by atoms with E-state index in [1.165, 1.54) is 13.0 Å². The number of rotatable bonds is 3. The number of nitrogens with one attached hydrogen (secondary N) is 2. The van der Waals surface area contributed by atoms with Gasteiger partial charge >= 0.3 is 0 Å². The summed E-state index contributed by atoms with van der Waals surface area (Å²) in [4.78, 5) is 10.9. The largest absolute Gasteiger partial charge is 0.506 e. The predicted octanol–water partition coefficient (Wildman–Crippen LogP) is 2.00. The van der Waals surface area contributed by atoms with Gasteiger partial charge in [0.1, 0.15) is 11.5 Å². The highest BCUT2D eigenvalue weighted by molar-refractivity contribution is 5.91. The highest BCUT2D eigenvalue weighted by Crippen LogP contribution is 2.35.